The second kappa shape index (κ2) is 5.97. The van der Waals surface area contributed by atoms with Crippen molar-refractivity contribution in [3.8, 4) is 0 Å². The number of carbonyl (C=O) groups excluding carboxylic acids is 1. The van der Waals surface area contributed by atoms with Crippen molar-refractivity contribution in [3.63, 3.8) is 0 Å². The molecule has 1 amide bonds. The Labute approximate surface area is 93.2 Å². The Morgan fingerprint density at radius 2 is 2.07 bits per heavy atom. The Morgan fingerprint density at radius 3 is 2.47 bits per heavy atom. The summed E-state index contributed by atoms with van der Waals surface area (Å²) in [4.78, 5) is 21.7. The monoisotopic (exact) mass is 235 g/mol. The van der Waals surface area contributed by atoms with E-state index in [-0.39, 0.29) is 6.54 Å². The molecule has 15 heavy (non-hydrogen) atoms. The van der Waals surface area contributed by atoms with Gasteiger partial charge in [-0.25, -0.2) is 0 Å². The highest BCUT2D eigenvalue weighted by Gasteiger charge is 2.24. The number of carbonyl (C=O) groups is 2. The summed E-state index contributed by atoms with van der Waals surface area (Å²) in [7, 11) is 0. The van der Waals surface area contributed by atoms with Crippen LogP contribution < -0.4 is 5.32 Å². The molecule has 3 N–H and O–H groups in total. The van der Waals surface area contributed by atoms with Crippen LogP contribution in [0, 0.1) is 5.92 Å². The molecule has 0 spiro atoms. The smallest absolute Gasteiger partial charge is 0.315 e. The van der Waals surface area contributed by atoms with E-state index in [0.29, 0.717) is 5.75 Å². The van der Waals surface area contributed by atoms with Gasteiger partial charge < -0.3 is 15.5 Å². The number of amides is 1. The lowest BCUT2D eigenvalue weighted by Crippen LogP contribution is -2.45. The molecular weight excluding hydrogens is 218 g/mol. The maximum absolute atomic E-state index is 11.2. The number of hydrogen-bond acceptors (Lipinski definition) is 4. The van der Waals surface area contributed by atoms with E-state index in [4.69, 9.17) is 5.11 Å². The highest BCUT2D eigenvalue weighted by atomic mass is 32.2. The van der Waals surface area contributed by atoms with Gasteiger partial charge in [0.05, 0.1) is 5.60 Å². The summed E-state index contributed by atoms with van der Waals surface area (Å²) in [6, 6.07) is 0. The quantitative estimate of drug-likeness (QED) is 0.561. The van der Waals surface area contributed by atoms with E-state index in [1.807, 2.05) is 6.26 Å². The molecule has 0 radical (unpaired) electrons. The Hall–Kier alpha value is -0.750. The zero-order valence-corrected chi connectivity index (χ0v) is 9.93. The fraction of sp³-hybridized carbons (Fsp3) is 0.778. The fourth-order valence-electron chi connectivity index (χ4n) is 0.905. The molecule has 88 valence electrons. The minimum Gasteiger partial charge on any atom is -0.481 e. The lowest BCUT2D eigenvalue weighted by atomic mass is 10.1. The van der Waals surface area contributed by atoms with Crippen LogP contribution >= 0.6 is 11.8 Å². The van der Waals surface area contributed by atoms with Crippen LogP contribution in [-0.4, -0.2) is 46.2 Å². The molecule has 0 bridgehead atoms. The highest BCUT2D eigenvalue weighted by Crippen LogP contribution is 2.09. The van der Waals surface area contributed by atoms with Crippen LogP contribution in [-0.2, 0) is 9.59 Å². The van der Waals surface area contributed by atoms with Crippen molar-refractivity contribution in [1.82, 2.24) is 5.32 Å². The van der Waals surface area contributed by atoms with E-state index < -0.39 is 23.4 Å². The van der Waals surface area contributed by atoms with Crippen molar-refractivity contribution >= 4 is 23.6 Å². The van der Waals surface area contributed by atoms with Crippen molar-refractivity contribution in [1.29, 1.82) is 0 Å². The summed E-state index contributed by atoms with van der Waals surface area (Å²) in [6.45, 7) is 2.96. The minimum atomic E-state index is -1.17. The second-order valence-corrected chi connectivity index (χ2v) is 4.57. The zero-order valence-electron chi connectivity index (χ0n) is 9.11. The first-order chi connectivity index (χ1) is 6.80. The van der Waals surface area contributed by atoms with E-state index in [2.05, 4.69) is 5.32 Å². The van der Waals surface area contributed by atoms with Gasteiger partial charge in [-0.15, -0.1) is 0 Å². The van der Waals surface area contributed by atoms with Crippen molar-refractivity contribution < 1.29 is 19.8 Å². The molecule has 2 atom stereocenters. The van der Waals surface area contributed by atoms with Gasteiger partial charge in [-0.05, 0) is 20.1 Å². The van der Waals surface area contributed by atoms with E-state index >= 15 is 0 Å². The Kier molecular flexibility index (Phi) is 5.67. The van der Waals surface area contributed by atoms with Crippen LogP contribution in [0.1, 0.15) is 13.8 Å². The van der Waals surface area contributed by atoms with Crippen molar-refractivity contribution in [2.75, 3.05) is 18.6 Å². The third-order valence-electron chi connectivity index (χ3n) is 1.86. The first-order valence-electron chi connectivity index (χ1n) is 4.52. The second-order valence-electron chi connectivity index (χ2n) is 3.71. The Morgan fingerprint density at radius 1 is 1.53 bits per heavy atom. The summed E-state index contributed by atoms with van der Waals surface area (Å²) < 4.78 is 0. The van der Waals surface area contributed by atoms with Crippen LogP contribution in [0.3, 0.4) is 0 Å². The van der Waals surface area contributed by atoms with Gasteiger partial charge in [-0.2, -0.15) is 11.8 Å². The maximum atomic E-state index is 11.2. The molecular formula is C9H17NO4S. The van der Waals surface area contributed by atoms with E-state index in [9.17, 15) is 14.7 Å². The van der Waals surface area contributed by atoms with Crippen LogP contribution in [0.15, 0.2) is 0 Å². The lowest BCUT2D eigenvalue weighted by molar-refractivity contribution is -0.146. The molecule has 0 aliphatic carbocycles. The summed E-state index contributed by atoms with van der Waals surface area (Å²) in [5.41, 5.74) is -1.01. The van der Waals surface area contributed by atoms with Crippen molar-refractivity contribution in [2.24, 2.45) is 5.92 Å². The first-order valence-corrected chi connectivity index (χ1v) is 5.91. The number of aliphatic carboxylic acids is 1. The van der Waals surface area contributed by atoms with E-state index in [1.165, 1.54) is 18.7 Å². The number of rotatable bonds is 6. The summed E-state index contributed by atoms with van der Waals surface area (Å²) in [6.07, 6.45) is 1.84. The molecule has 0 aromatic heterocycles. The Balaban J connectivity index is 4.05. The van der Waals surface area contributed by atoms with Gasteiger partial charge in [0.25, 0.3) is 0 Å². The minimum absolute atomic E-state index is 0.0598. The fourth-order valence-corrected chi connectivity index (χ4v) is 1.63. The molecule has 0 aliphatic heterocycles. The Bertz CT molecular complexity index is 242. The van der Waals surface area contributed by atoms with Crippen molar-refractivity contribution in [3.05, 3.63) is 0 Å². The van der Waals surface area contributed by atoms with Crippen LogP contribution in [0.4, 0.5) is 0 Å². The van der Waals surface area contributed by atoms with Gasteiger partial charge in [0.2, 0.25) is 5.91 Å². The highest BCUT2D eigenvalue weighted by molar-refractivity contribution is 7.98. The van der Waals surface area contributed by atoms with Gasteiger partial charge in [-0.1, -0.05) is 0 Å². The standard InChI is InChI=1S/C9H17NO4S/c1-6(8(12)13)7(11)10-4-9(2,14)5-15-3/h6,14H,4-5H2,1-3H3,(H,10,11)(H,12,13). The van der Waals surface area contributed by atoms with Gasteiger partial charge in [0.15, 0.2) is 0 Å². The van der Waals surface area contributed by atoms with Crippen LogP contribution in [0.25, 0.3) is 0 Å². The number of aliphatic hydroxyl groups is 1. The molecule has 0 fully saturated rings. The van der Waals surface area contributed by atoms with Gasteiger partial charge in [0, 0.05) is 12.3 Å². The molecule has 0 aromatic rings. The molecule has 0 aliphatic rings. The van der Waals surface area contributed by atoms with Gasteiger partial charge >= 0.3 is 5.97 Å². The molecule has 0 rings (SSSR count). The molecule has 0 saturated heterocycles. The molecule has 2 unspecified atom stereocenters. The number of carboxylic acid groups (broad SMARTS) is 1. The molecule has 5 nitrogen and oxygen atoms in total. The number of thioether (sulfide) groups is 1. The molecule has 0 aromatic carbocycles. The lowest BCUT2D eigenvalue weighted by Gasteiger charge is -2.22. The van der Waals surface area contributed by atoms with E-state index in [1.54, 1.807) is 6.92 Å². The predicted octanol–water partition coefficient (Wildman–Crippen LogP) is -0.0627. The zero-order chi connectivity index (χ0) is 12.1. The third kappa shape index (κ3) is 5.64. The SMILES string of the molecule is CSCC(C)(O)CNC(=O)C(C)C(=O)O. The summed E-state index contributed by atoms with van der Waals surface area (Å²) >= 11 is 1.46. The van der Waals surface area contributed by atoms with Crippen LogP contribution in [0.5, 0.6) is 0 Å². The first kappa shape index (κ1) is 14.2. The topological polar surface area (TPSA) is 86.6 Å². The van der Waals surface area contributed by atoms with Gasteiger partial charge in [-0.3, -0.25) is 9.59 Å². The number of nitrogens with one attached hydrogen (secondary N) is 1. The predicted molar refractivity (Wildman–Crippen MR) is 58.8 cm³/mol. The number of hydrogen-bond donors (Lipinski definition) is 3. The molecule has 0 heterocycles. The largest absolute Gasteiger partial charge is 0.481 e. The normalized spacial score (nSPS) is 16.5. The number of carboxylic acids is 1. The van der Waals surface area contributed by atoms with Crippen LogP contribution in [0.2, 0.25) is 0 Å². The third-order valence-corrected chi connectivity index (χ3v) is 2.77. The maximum Gasteiger partial charge on any atom is 0.315 e. The van der Waals surface area contributed by atoms with E-state index in [0.717, 1.165) is 0 Å². The summed E-state index contributed by atoms with van der Waals surface area (Å²) in [5.74, 6) is -2.36. The average Bonchev–Trinajstić information content (AvgIpc) is 2.13. The average molecular weight is 235 g/mol. The molecule has 0 saturated carbocycles. The molecule has 6 heteroatoms. The van der Waals surface area contributed by atoms with Crippen molar-refractivity contribution in [2.45, 2.75) is 19.4 Å². The summed E-state index contributed by atoms with van der Waals surface area (Å²) in [5, 5.41) is 20.7. The van der Waals surface area contributed by atoms with Gasteiger partial charge in [0.1, 0.15) is 5.92 Å².